The topological polar surface area (TPSA) is 105 Å². The zero-order valence-electron chi connectivity index (χ0n) is 17.7. The van der Waals surface area contributed by atoms with E-state index in [1.165, 1.54) is 5.39 Å². The minimum absolute atomic E-state index is 0.0457. The smallest absolute Gasteiger partial charge is 0.237 e. The first kappa shape index (κ1) is 22.1. The van der Waals surface area contributed by atoms with E-state index in [1.807, 2.05) is 30.3 Å². The zero-order chi connectivity index (χ0) is 21.5. The second-order valence-corrected chi connectivity index (χ2v) is 8.32. The predicted molar refractivity (Wildman–Crippen MR) is 118 cm³/mol. The number of carbonyl (C=O) groups is 2. The summed E-state index contributed by atoms with van der Waals surface area (Å²) in [6, 6.07) is 13.7. The first-order valence-corrected chi connectivity index (χ1v) is 10.6. The van der Waals surface area contributed by atoms with Gasteiger partial charge in [-0.2, -0.15) is 0 Å². The molecule has 0 spiro atoms. The summed E-state index contributed by atoms with van der Waals surface area (Å²) >= 11 is 0. The Morgan fingerprint density at radius 2 is 1.97 bits per heavy atom. The molecular formula is C23H32N4O3. The van der Waals surface area contributed by atoms with Gasteiger partial charge in [-0.05, 0) is 41.7 Å². The molecule has 7 nitrogen and oxygen atoms in total. The van der Waals surface area contributed by atoms with E-state index in [0.717, 1.165) is 17.6 Å². The molecule has 0 aromatic heterocycles. The Balaban J connectivity index is 1.56. The molecule has 1 fully saturated rings. The predicted octanol–water partition coefficient (Wildman–Crippen LogP) is 1.55. The normalized spacial score (nSPS) is 19.6. The van der Waals surface area contributed by atoms with Crippen LogP contribution in [-0.2, 0) is 9.59 Å². The molecule has 2 aromatic carbocycles. The van der Waals surface area contributed by atoms with Crippen molar-refractivity contribution in [3.8, 4) is 5.75 Å². The third kappa shape index (κ3) is 6.18. The summed E-state index contributed by atoms with van der Waals surface area (Å²) in [4.78, 5) is 24.2. The molecule has 0 radical (unpaired) electrons. The molecule has 1 aliphatic heterocycles. The monoisotopic (exact) mass is 412 g/mol. The first-order chi connectivity index (χ1) is 14.4. The van der Waals surface area contributed by atoms with Gasteiger partial charge in [-0.1, -0.05) is 44.2 Å². The largest absolute Gasteiger partial charge is 0.491 e. The van der Waals surface area contributed by atoms with E-state index in [1.54, 1.807) is 0 Å². The molecular weight excluding hydrogens is 380 g/mol. The van der Waals surface area contributed by atoms with Crippen LogP contribution in [0.3, 0.4) is 0 Å². The van der Waals surface area contributed by atoms with Crippen LogP contribution in [0.25, 0.3) is 10.8 Å². The number of hydrogen-bond donors (Lipinski definition) is 4. The van der Waals surface area contributed by atoms with E-state index in [-0.39, 0.29) is 36.5 Å². The second kappa shape index (κ2) is 10.4. The molecule has 1 aliphatic rings. The fraction of sp³-hybridized carbons (Fsp3) is 0.478. The number of rotatable bonds is 9. The fourth-order valence-electron chi connectivity index (χ4n) is 3.83. The van der Waals surface area contributed by atoms with Gasteiger partial charge in [0.25, 0.3) is 0 Å². The average molecular weight is 413 g/mol. The lowest BCUT2D eigenvalue weighted by Crippen LogP contribution is -2.47. The highest BCUT2D eigenvalue weighted by atomic mass is 16.5. The van der Waals surface area contributed by atoms with Gasteiger partial charge in [0.2, 0.25) is 11.8 Å². The van der Waals surface area contributed by atoms with Gasteiger partial charge >= 0.3 is 0 Å². The summed E-state index contributed by atoms with van der Waals surface area (Å²) in [5.74, 6) is 0.945. The van der Waals surface area contributed by atoms with Crippen molar-refractivity contribution in [2.24, 2.45) is 11.7 Å². The number of carbonyl (C=O) groups excluding carboxylic acids is 2. The number of amides is 2. The van der Waals surface area contributed by atoms with Crippen LogP contribution in [0, 0.1) is 5.92 Å². The Labute approximate surface area is 177 Å². The summed E-state index contributed by atoms with van der Waals surface area (Å²) in [7, 11) is 0. The molecule has 0 unspecified atom stereocenters. The molecule has 3 atom stereocenters. The lowest BCUT2D eigenvalue weighted by atomic mass is 10.0. The van der Waals surface area contributed by atoms with Crippen molar-refractivity contribution in [3.05, 3.63) is 42.5 Å². The molecule has 5 N–H and O–H groups in total. The molecule has 2 aromatic rings. The van der Waals surface area contributed by atoms with Gasteiger partial charge in [-0.15, -0.1) is 0 Å². The maximum absolute atomic E-state index is 12.8. The van der Waals surface area contributed by atoms with Crippen LogP contribution in [0.1, 0.15) is 26.7 Å². The van der Waals surface area contributed by atoms with Gasteiger partial charge in [0.05, 0.1) is 18.6 Å². The van der Waals surface area contributed by atoms with Crippen molar-refractivity contribution in [1.29, 1.82) is 0 Å². The number of hydrogen-bond acceptors (Lipinski definition) is 5. The summed E-state index contributed by atoms with van der Waals surface area (Å²) in [6.07, 6.45) is 1.37. The molecule has 2 amide bonds. The molecule has 1 heterocycles. The minimum Gasteiger partial charge on any atom is -0.491 e. The van der Waals surface area contributed by atoms with Crippen molar-refractivity contribution in [2.45, 2.75) is 44.8 Å². The summed E-state index contributed by atoms with van der Waals surface area (Å²) in [5, 5.41) is 11.4. The molecule has 162 valence electrons. The van der Waals surface area contributed by atoms with E-state index in [4.69, 9.17) is 10.5 Å². The van der Waals surface area contributed by atoms with Gasteiger partial charge in [0.15, 0.2) is 0 Å². The standard InChI is InChI=1S/C23H32N4O3/c1-15(2)9-19(14-30-20-8-7-16-5-3-4-6-17(16)10-20)27-23(29)21-11-18(13-25-21)26-22(28)12-24/h3-8,10,15,18-19,21,25H,9,11-14,24H2,1-2H3,(H,26,28)(H,27,29)/t18-,19+,21+/m0/s1. The highest BCUT2D eigenvalue weighted by Crippen LogP contribution is 2.21. The first-order valence-electron chi connectivity index (χ1n) is 10.6. The lowest BCUT2D eigenvalue weighted by Gasteiger charge is -2.23. The zero-order valence-corrected chi connectivity index (χ0v) is 17.7. The third-order valence-electron chi connectivity index (χ3n) is 5.27. The van der Waals surface area contributed by atoms with Crippen LogP contribution >= 0.6 is 0 Å². The van der Waals surface area contributed by atoms with E-state index in [2.05, 4.69) is 41.9 Å². The van der Waals surface area contributed by atoms with E-state index in [0.29, 0.717) is 25.5 Å². The van der Waals surface area contributed by atoms with Gasteiger partial charge in [-0.3, -0.25) is 9.59 Å². The number of fused-ring (bicyclic) bond motifs is 1. The summed E-state index contributed by atoms with van der Waals surface area (Å²) in [5.41, 5.74) is 5.34. The fourth-order valence-corrected chi connectivity index (χ4v) is 3.83. The Kier molecular flexibility index (Phi) is 7.65. The van der Waals surface area contributed by atoms with Crippen LogP contribution in [-0.4, -0.2) is 49.6 Å². The SMILES string of the molecule is CC(C)C[C@H](COc1ccc2ccccc2c1)NC(=O)[C@H]1C[C@H](NC(=O)CN)CN1. The van der Waals surface area contributed by atoms with Gasteiger partial charge in [0.1, 0.15) is 12.4 Å². The minimum atomic E-state index is -0.330. The maximum atomic E-state index is 12.8. The number of nitrogens with two attached hydrogens (primary N) is 1. The van der Waals surface area contributed by atoms with Crippen LogP contribution in [0.5, 0.6) is 5.75 Å². The average Bonchev–Trinajstić information content (AvgIpc) is 3.20. The van der Waals surface area contributed by atoms with Gasteiger partial charge in [0, 0.05) is 12.6 Å². The van der Waals surface area contributed by atoms with E-state index < -0.39 is 0 Å². The molecule has 30 heavy (non-hydrogen) atoms. The van der Waals surface area contributed by atoms with Crippen molar-refractivity contribution in [2.75, 3.05) is 19.7 Å². The van der Waals surface area contributed by atoms with Crippen molar-refractivity contribution >= 4 is 22.6 Å². The number of ether oxygens (including phenoxy) is 1. The highest BCUT2D eigenvalue weighted by Gasteiger charge is 2.31. The second-order valence-electron chi connectivity index (χ2n) is 8.32. The van der Waals surface area contributed by atoms with Crippen LogP contribution < -0.4 is 26.4 Å². The quantitative estimate of drug-likeness (QED) is 0.500. The Bertz CT molecular complexity index is 870. The molecule has 1 saturated heterocycles. The number of benzene rings is 2. The Morgan fingerprint density at radius 3 is 2.70 bits per heavy atom. The molecule has 0 bridgehead atoms. The highest BCUT2D eigenvalue weighted by molar-refractivity contribution is 5.84. The third-order valence-corrected chi connectivity index (χ3v) is 5.27. The molecule has 7 heteroatoms. The Hall–Kier alpha value is -2.64. The van der Waals surface area contributed by atoms with Gasteiger partial charge in [-0.25, -0.2) is 0 Å². The Morgan fingerprint density at radius 1 is 1.20 bits per heavy atom. The van der Waals surface area contributed by atoms with Gasteiger partial charge < -0.3 is 26.4 Å². The van der Waals surface area contributed by atoms with E-state index in [9.17, 15) is 9.59 Å². The van der Waals surface area contributed by atoms with Crippen LogP contribution in [0.2, 0.25) is 0 Å². The maximum Gasteiger partial charge on any atom is 0.237 e. The van der Waals surface area contributed by atoms with Crippen LogP contribution in [0.4, 0.5) is 0 Å². The summed E-state index contributed by atoms with van der Waals surface area (Å²) in [6.45, 7) is 5.17. The molecule has 0 aliphatic carbocycles. The van der Waals surface area contributed by atoms with Crippen molar-refractivity contribution < 1.29 is 14.3 Å². The lowest BCUT2D eigenvalue weighted by molar-refractivity contribution is -0.124. The van der Waals surface area contributed by atoms with Crippen molar-refractivity contribution in [1.82, 2.24) is 16.0 Å². The molecule has 0 saturated carbocycles. The number of nitrogens with one attached hydrogen (secondary N) is 3. The van der Waals surface area contributed by atoms with E-state index >= 15 is 0 Å². The summed E-state index contributed by atoms with van der Waals surface area (Å²) < 4.78 is 6.02. The van der Waals surface area contributed by atoms with Crippen LogP contribution in [0.15, 0.2) is 42.5 Å². The molecule has 3 rings (SSSR count). The van der Waals surface area contributed by atoms with Crippen molar-refractivity contribution in [3.63, 3.8) is 0 Å².